The second kappa shape index (κ2) is 10.9. The summed E-state index contributed by atoms with van der Waals surface area (Å²) in [5.41, 5.74) is 5.38. The van der Waals surface area contributed by atoms with Gasteiger partial charge in [0.05, 0.1) is 26.7 Å². The average molecular weight is 546 g/mol. The smallest absolute Gasteiger partial charge is 0.266 e. The Morgan fingerprint density at radius 1 is 1.14 bits per heavy atom. The van der Waals surface area contributed by atoms with E-state index in [1.54, 1.807) is 11.0 Å². The van der Waals surface area contributed by atoms with Crippen LogP contribution in [-0.4, -0.2) is 22.5 Å². The van der Waals surface area contributed by atoms with Crippen LogP contribution in [0.4, 0.5) is 5.69 Å². The van der Waals surface area contributed by atoms with Gasteiger partial charge in [0.25, 0.3) is 5.91 Å². The van der Waals surface area contributed by atoms with E-state index in [2.05, 4.69) is 28.1 Å². The van der Waals surface area contributed by atoms with Crippen molar-refractivity contribution in [3.8, 4) is 11.8 Å². The van der Waals surface area contributed by atoms with Crippen molar-refractivity contribution in [2.45, 2.75) is 27.4 Å². The number of thioether (sulfide) groups is 1. The van der Waals surface area contributed by atoms with Gasteiger partial charge in [-0.3, -0.25) is 9.69 Å². The highest BCUT2D eigenvalue weighted by atomic mass is 79.9. The number of carbonyl (C=O) groups excluding carboxylic acids is 1. The second-order valence-corrected chi connectivity index (χ2v) is 9.96. The van der Waals surface area contributed by atoms with Crippen LogP contribution in [0.5, 0.6) is 5.75 Å². The molecule has 0 radical (unpaired) electrons. The number of aryl methyl sites for hydroxylation is 2. The van der Waals surface area contributed by atoms with E-state index >= 15 is 0 Å². The van der Waals surface area contributed by atoms with Crippen LogP contribution in [0, 0.1) is 25.2 Å². The molecule has 4 rings (SSSR count). The number of benzene rings is 3. The molecular formula is C28H24BrN3O2S. The predicted molar refractivity (Wildman–Crippen MR) is 146 cm³/mol. The summed E-state index contributed by atoms with van der Waals surface area (Å²) in [6, 6.07) is 21.4. The number of hydrogen-bond donors (Lipinski definition) is 0. The lowest BCUT2D eigenvalue weighted by Gasteiger charge is -2.12. The maximum absolute atomic E-state index is 13.1. The number of ether oxygens (including phenoxy) is 1. The zero-order valence-corrected chi connectivity index (χ0v) is 22.1. The first kappa shape index (κ1) is 24.8. The minimum Gasteiger partial charge on any atom is -0.488 e. The monoisotopic (exact) mass is 545 g/mol. The molecule has 3 aromatic rings. The molecule has 0 bridgehead atoms. The first-order valence-electron chi connectivity index (χ1n) is 11.2. The zero-order valence-electron chi connectivity index (χ0n) is 19.7. The lowest BCUT2D eigenvalue weighted by atomic mass is 10.1. The van der Waals surface area contributed by atoms with Crippen LogP contribution in [0.3, 0.4) is 0 Å². The van der Waals surface area contributed by atoms with Crippen LogP contribution < -0.4 is 4.74 Å². The summed E-state index contributed by atoms with van der Waals surface area (Å²) in [6.07, 6.45) is 1.88. The molecule has 0 unspecified atom stereocenters. The number of likely N-dealkylation sites (N-methyl/N-ethyl adjacent to an activating group) is 1. The second-order valence-electron chi connectivity index (χ2n) is 8.09. The lowest BCUT2D eigenvalue weighted by molar-refractivity contribution is -0.122. The maximum atomic E-state index is 13.1. The number of hydrogen-bond acceptors (Lipinski definition) is 5. The lowest BCUT2D eigenvalue weighted by Crippen LogP contribution is -2.28. The van der Waals surface area contributed by atoms with Crippen molar-refractivity contribution in [1.82, 2.24) is 4.90 Å². The first-order chi connectivity index (χ1) is 16.9. The number of halogens is 1. The van der Waals surface area contributed by atoms with Crippen molar-refractivity contribution in [3.05, 3.63) is 97.9 Å². The topological polar surface area (TPSA) is 65.7 Å². The molecule has 7 heteroatoms. The molecule has 1 saturated heterocycles. The highest BCUT2D eigenvalue weighted by Crippen LogP contribution is 2.36. The molecule has 1 aliphatic rings. The SMILES string of the molecule is CCN1C(=O)/C(=C\c2ccc(OCc3ccccc3C#N)c(Br)c2)SC1=Nc1cc(C)ccc1C. The maximum Gasteiger partial charge on any atom is 0.266 e. The summed E-state index contributed by atoms with van der Waals surface area (Å²) in [6.45, 7) is 6.85. The minimum atomic E-state index is -0.0499. The molecule has 0 N–H and O–H groups in total. The Labute approximate surface area is 218 Å². The van der Waals surface area contributed by atoms with Crippen molar-refractivity contribution < 1.29 is 9.53 Å². The fourth-order valence-corrected chi connectivity index (χ4v) is 5.17. The van der Waals surface area contributed by atoms with Gasteiger partial charge in [-0.25, -0.2) is 4.99 Å². The Balaban J connectivity index is 1.54. The molecule has 0 spiro atoms. The molecule has 0 atom stereocenters. The highest BCUT2D eigenvalue weighted by Gasteiger charge is 2.32. The van der Waals surface area contributed by atoms with E-state index in [1.807, 2.05) is 75.4 Å². The molecule has 176 valence electrons. The van der Waals surface area contributed by atoms with E-state index in [1.165, 1.54) is 11.8 Å². The van der Waals surface area contributed by atoms with Crippen molar-refractivity contribution >= 4 is 50.5 Å². The van der Waals surface area contributed by atoms with Crippen LogP contribution in [0.1, 0.15) is 34.7 Å². The number of aliphatic imine (C=N–C) groups is 1. The molecule has 0 aromatic heterocycles. The molecule has 0 saturated carbocycles. The number of nitrogens with zero attached hydrogens (tertiary/aromatic N) is 3. The molecule has 5 nitrogen and oxygen atoms in total. The summed E-state index contributed by atoms with van der Waals surface area (Å²) in [5.74, 6) is 0.615. The Morgan fingerprint density at radius 3 is 2.69 bits per heavy atom. The van der Waals surface area contributed by atoms with Crippen molar-refractivity contribution in [3.63, 3.8) is 0 Å². The number of amides is 1. The molecule has 1 amide bonds. The molecule has 1 fully saturated rings. The van der Waals surface area contributed by atoms with E-state index in [4.69, 9.17) is 9.73 Å². The summed E-state index contributed by atoms with van der Waals surface area (Å²) in [5, 5.41) is 9.95. The summed E-state index contributed by atoms with van der Waals surface area (Å²) < 4.78 is 6.70. The van der Waals surface area contributed by atoms with E-state index in [0.29, 0.717) is 34.5 Å². The van der Waals surface area contributed by atoms with E-state index in [0.717, 1.165) is 32.4 Å². The standard InChI is InChI=1S/C28H24BrN3O2S/c1-4-32-27(33)26(35-28(32)31-24-13-18(2)9-10-19(24)3)15-20-11-12-25(23(29)14-20)34-17-22-8-6-5-7-21(22)16-30/h5-15H,4,17H2,1-3H3/b26-15+,31-28?. The van der Waals surface area contributed by atoms with Gasteiger partial charge in [-0.2, -0.15) is 5.26 Å². The summed E-state index contributed by atoms with van der Waals surface area (Å²) in [7, 11) is 0. The molecule has 0 aliphatic carbocycles. The van der Waals surface area contributed by atoms with Gasteiger partial charge in [0, 0.05) is 12.1 Å². The van der Waals surface area contributed by atoms with Gasteiger partial charge >= 0.3 is 0 Å². The molecule has 1 aliphatic heterocycles. The Kier molecular flexibility index (Phi) is 7.74. The Hall–Kier alpha value is -3.34. The van der Waals surface area contributed by atoms with Gasteiger partial charge in [0.15, 0.2) is 5.17 Å². The van der Waals surface area contributed by atoms with Crippen LogP contribution in [0.15, 0.2) is 75.0 Å². The first-order valence-corrected chi connectivity index (χ1v) is 12.8. The van der Waals surface area contributed by atoms with E-state index in [-0.39, 0.29) is 5.91 Å². The van der Waals surface area contributed by atoms with Crippen molar-refractivity contribution in [1.29, 1.82) is 5.26 Å². The molecule has 3 aromatic carbocycles. The van der Waals surface area contributed by atoms with Gasteiger partial charge in [-0.15, -0.1) is 0 Å². The zero-order chi connectivity index (χ0) is 24.9. The van der Waals surface area contributed by atoms with Crippen molar-refractivity contribution in [2.75, 3.05) is 6.54 Å². The Morgan fingerprint density at radius 2 is 1.94 bits per heavy atom. The minimum absolute atomic E-state index is 0.0499. The molecule has 35 heavy (non-hydrogen) atoms. The molecular weight excluding hydrogens is 522 g/mol. The number of carbonyl (C=O) groups is 1. The van der Waals surface area contributed by atoms with Gasteiger partial charge in [0.2, 0.25) is 0 Å². The predicted octanol–water partition coefficient (Wildman–Crippen LogP) is 7.14. The fourth-order valence-electron chi connectivity index (χ4n) is 3.60. The quantitative estimate of drug-likeness (QED) is 0.308. The summed E-state index contributed by atoms with van der Waals surface area (Å²) >= 11 is 4.96. The largest absolute Gasteiger partial charge is 0.488 e. The average Bonchev–Trinajstić information content (AvgIpc) is 3.14. The van der Waals surface area contributed by atoms with Gasteiger partial charge < -0.3 is 4.74 Å². The van der Waals surface area contributed by atoms with Crippen LogP contribution >= 0.6 is 27.7 Å². The van der Waals surface area contributed by atoms with Crippen LogP contribution in [0.25, 0.3) is 6.08 Å². The highest BCUT2D eigenvalue weighted by molar-refractivity contribution is 9.10. The number of rotatable bonds is 6. The summed E-state index contributed by atoms with van der Waals surface area (Å²) in [4.78, 5) is 20.2. The van der Waals surface area contributed by atoms with Crippen molar-refractivity contribution in [2.24, 2.45) is 4.99 Å². The normalized spacial score (nSPS) is 15.6. The van der Waals surface area contributed by atoms with E-state index in [9.17, 15) is 10.1 Å². The van der Waals surface area contributed by atoms with Gasteiger partial charge in [-0.1, -0.05) is 36.4 Å². The third-order valence-electron chi connectivity index (χ3n) is 5.56. The van der Waals surface area contributed by atoms with E-state index < -0.39 is 0 Å². The van der Waals surface area contributed by atoms with Gasteiger partial charge in [-0.05, 0) is 95.5 Å². The molecule has 1 heterocycles. The third-order valence-corrected chi connectivity index (χ3v) is 7.19. The number of amidine groups is 1. The third kappa shape index (κ3) is 5.67. The fraction of sp³-hybridized carbons (Fsp3) is 0.179. The van der Waals surface area contributed by atoms with Crippen LogP contribution in [-0.2, 0) is 11.4 Å². The number of nitriles is 1. The van der Waals surface area contributed by atoms with Crippen LogP contribution in [0.2, 0.25) is 0 Å². The Bertz CT molecular complexity index is 1390. The van der Waals surface area contributed by atoms with Gasteiger partial charge in [0.1, 0.15) is 12.4 Å².